The summed E-state index contributed by atoms with van der Waals surface area (Å²) in [4.78, 5) is 24.0. The van der Waals surface area contributed by atoms with Gasteiger partial charge in [-0.05, 0) is 36.8 Å². The number of anilines is 1. The maximum Gasteiger partial charge on any atom is 0.339 e. The van der Waals surface area contributed by atoms with Crippen LogP contribution in [0.1, 0.15) is 40.5 Å². The molecule has 152 valence electrons. The number of fused-ring (bicyclic) bond motifs is 1. The number of Topliss-reactive ketones (excluding diaryl/α,β-unsaturated/α-hetero) is 1. The summed E-state index contributed by atoms with van der Waals surface area (Å²) in [6, 6.07) is 8.79. The Kier molecular flexibility index (Phi) is 6.41. The Labute approximate surface area is 172 Å². The van der Waals surface area contributed by atoms with Gasteiger partial charge in [-0.2, -0.15) is 0 Å². The van der Waals surface area contributed by atoms with Crippen molar-refractivity contribution in [1.82, 2.24) is 0 Å². The van der Waals surface area contributed by atoms with Crippen LogP contribution in [-0.4, -0.2) is 34.9 Å². The molecular weight excluding hydrogens is 398 g/mol. The van der Waals surface area contributed by atoms with E-state index in [-0.39, 0.29) is 22.7 Å². The molecule has 3 rings (SSSR count). The number of hydrogen-bond acceptors (Lipinski definition) is 6. The summed E-state index contributed by atoms with van der Waals surface area (Å²) in [5.41, 5.74) is 0.740. The van der Waals surface area contributed by atoms with Gasteiger partial charge in [-0.1, -0.05) is 24.9 Å². The van der Waals surface area contributed by atoms with Crippen LogP contribution in [0.5, 0.6) is 11.5 Å². The summed E-state index contributed by atoms with van der Waals surface area (Å²) in [6.07, 6.45) is 2.27. The maximum atomic E-state index is 13.0. The average molecular weight is 418 g/mol. The van der Waals surface area contributed by atoms with Crippen molar-refractivity contribution in [3.63, 3.8) is 0 Å². The number of carbonyl (C=O) groups is 2. The predicted molar refractivity (Wildman–Crippen MR) is 108 cm³/mol. The number of phenols is 1. The molecule has 1 atom stereocenters. The number of halogens is 1. The number of ketones is 1. The van der Waals surface area contributed by atoms with Crippen LogP contribution in [-0.2, 0) is 4.74 Å². The lowest BCUT2D eigenvalue weighted by Gasteiger charge is -2.27. The second kappa shape index (κ2) is 8.98. The minimum absolute atomic E-state index is 0.218. The number of carbonyl (C=O) groups excluding carboxylic acids is 1. The van der Waals surface area contributed by atoms with Gasteiger partial charge in [-0.3, -0.25) is 4.79 Å². The van der Waals surface area contributed by atoms with Gasteiger partial charge < -0.3 is 25.0 Å². The lowest BCUT2D eigenvalue weighted by atomic mass is 10.00. The van der Waals surface area contributed by atoms with E-state index in [0.29, 0.717) is 28.6 Å². The zero-order valence-corrected chi connectivity index (χ0v) is 16.4. The first-order valence-corrected chi connectivity index (χ1v) is 9.44. The van der Waals surface area contributed by atoms with Crippen LogP contribution in [0.25, 0.3) is 0 Å². The first-order valence-electron chi connectivity index (χ1n) is 9.06. The summed E-state index contributed by atoms with van der Waals surface area (Å²) in [7, 11) is 0. The molecule has 1 unspecified atom stereocenters. The van der Waals surface area contributed by atoms with Gasteiger partial charge in [-0.15, -0.1) is 0 Å². The Morgan fingerprint density at radius 2 is 2.10 bits per heavy atom. The van der Waals surface area contributed by atoms with Crippen LogP contribution < -0.4 is 10.1 Å². The zero-order valence-electron chi connectivity index (χ0n) is 15.6. The number of hydrogen-bond donors (Lipinski definition) is 3. The number of carboxylic acids is 1. The molecule has 0 saturated heterocycles. The Hall–Kier alpha value is -3.03. The van der Waals surface area contributed by atoms with Crippen LogP contribution in [0.2, 0.25) is 5.02 Å². The molecule has 0 fully saturated rings. The summed E-state index contributed by atoms with van der Waals surface area (Å²) >= 11 is 6.01. The van der Waals surface area contributed by atoms with E-state index in [1.165, 1.54) is 30.5 Å². The van der Waals surface area contributed by atoms with Gasteiger partial charge >= 0.3 is 5.97 Å². The second-order valence-electron chi connectivity index (χ2n) is 6.42. The third kappa shape index (κ3) is 4.70. The fourth-order valence-electron chi connectivity index (χ4n) is 2.78. The fraction of sp³-hybridized carbons (Fsp3) is 0.238. The SMILES string of the molecule is CCCCOC1Oc2ccc(Cl)cc2C(=O)C1=CNc1ccc(C(=O)O)c(O)c1. The number of unbranched alkanes of at least 4 members (excludes halogenated alkanes) is 1. The summed E-state index contributed by atoms with van der Waals surface area (Å²) in [6.45, 7) is 2.45. The standard InChI is InChI=1S/C21H20ClNO6/c1-2-3-8-28-21-16(19(25)15-9-12(22)4-7-18(15)29-21)11-23-13-5-6-14(20(26)27)17(24)10-13/h4-7,9-11,21,23-24H,2-3,8H2,1H3,(H,26,27). The molecule has 3 N–H and O–H groups in total. The first kappa shape index (κ1) is 20.7. The third-order valence-electron chi connectivity index (χ3n) is 4.33. The minimum atomic E-state index is -1.24. The summed E-state index contributed by atoms with van der Waals surface area (Å²) < 4.78 is 11.6. The number of ether oxygens (including phenoxy) is 2. The smallest absolute Gasteiger partial charge is 0.339 e. The number of carboxylic acid groups (broad SMARTS) is 1. The molecule has 8 heteroatoms. The van der Waals surface area contributed by atoms with E-state index in [4.69, 9.17) is 26.2 Å². The van der Waals surface area contributed by atoms with Crippen molar-refractivity contribution < 1.29 is 29.3 Å². The maximum absolute atomic E-state index is 13.0. The number of aromatic carboxylic acids is 1. The van der Waals surface area contributed by atoms with Gasteiger partial charge in [-0.25, -0.2) is 4.79 Å². The van der Waals surface area contributed by atoms with Gasteiger partial charge in [0.1, 0.15) is 17.1 Å². The molecule has 7 nitrogen and oxygen atoms in total. The van der Waals surface area contributed by atoms with Gasteiger partial charge in [0.25, 0.3) is 0 Å². The zero-order chi connectivity index (χ0) is 21.0. The largest absolute Gasteiger partial charge is 0.507 e. The molecular formula is C21H20ClNO6. The van der Waals surface area contributed by atoms with Gasteiger partial charge in [0.15, 0.2) is 0 Å². The van der Waals surface area contributed by atoms with Crippen LogP contribution in [0.15, 0.2) is 48.2 Å². The average Bonchev–Trinajstić information content (AvgIpc) is 2.68. The van der Waals surface area contributed by atoms with E-state index in [1.807, 2.05) is 6.92 Å². The van der Waals surface area contributed by atoms with Crippen molar-refractivity contribution in [2.24, 2.45) is 0 Å². The Balaban J connectivity index is 1.89. The quantitative estimate of drug-likeness (QED) is 0.451. The van der Waals surface area contributed by atoms with Crippen LogP contribution in [0, 0.1) is 0 Å². The van der Waals surface area contributed by atoms with Gasteiger partial charge in [0.05, 0.1) is 17.7 Å². The van der Waals surface area contributed by atoms with E-state index in [1.54, 1.807) is 12.1 Å². The van der Waals surface area contributed by atoms with E-state index in [9.17, 15) is 14.7 Å². The molecule has 0 bridgehead atoms. The molecule has 1 heterocycles. The molecule has 0 aromatic heterocycles. The lowest BCUT2D eigenvalue weighted by molar-refractivity contribution is -0.0570. The van der Waals surface area contributed by atoms with E-state index >= 15 is 0 Å². The lowest BCUT2D eigenvalue weighted by Crippen LogP contribution is -2.33. The highest BCUT2D eigenvalue weighted by molar-refractivity contribution is 6.31. The molecule has 0 aliphatic carbocycles. The minimum Gasteiger partial charge on any atom is -0.507 e. The summed E-state index contributed by atoms with van der Waals surface area (Å²) in [5, 5.41) is 22.1. The van der Waals surface area contributed by atoms with Crippen LogP contribution in [0.4, 0.5) is 5.69 Å². The Morgan fingerprint density at radius 3 is 2.79 bits per heavy atom. The molecule has 0 saturated carbocycles. The van der Waals surface area contributed by atoms with E-state index < -0.39 is 12.3 Å². The van der Waals surface area contributed by atoms with Crippen molar-refractivity contribution in [1.29, 1.82) is 0 Å². The molecule has 29 heavy (non-hydrogen) atoms. The predicted octanol–water partition coefficient (Wildman–Crippen LogP) is 4.46. The number of aromatic hydroxyl groups is 1. The topological polar surface area (TPSA) is 105 Å². The third-order valence-corrected chi connectivity index (χ3v) is 4.56. The molecule has 1 aliphatic rings. The van der Waals surface area contributed by atoms with E-state index in [2.05, 4.69) is 5.32 Å². The first-order chi connectivity index (χ1) is 13.9. The highest BCUT2D eigenvalue weighted by Crippen LogP contribution is 2.33. The number of rotatable bonds is 7. The van der Waals surface area contributed by atoms with Crippen molar-refractivity contribution in [3.05, 3.63) is 64.3 Å². The number of benzene rings is 2. The Bertz CT molecular complexity index is 972. The molecule has 0 spiro atoms. The monoisotopic (exact) mass is 417 g/mol. The van der Waals surface area contributed by atoms with Crippen molar-refractivity contribution in [2.75, 3.05) is 11.9 Å². The molecule has 0 radical (unpaired) electrons. The summed E-state index contributed by atoms with van der Waals surface area (Å²) in [5.74, 6) is -1.53. The molecule has 0 amide bonds. The molecule has 2 aromatic carbocycles. The second-order valence-corrected chi connectivity index (χ2v) is 6.86. The fourth-order valence-corrected chi connectivity index (χ4v) is 2.95. The molecule has 1 aliphatic heterocycles. The number of nitrogens with one attached hydrogen (secondary N) is 1. The Morgan fingerprint density at radius 1 is 1.31 bits per heavy atom. The highest BCUT2D eigenvalue weighted by atomic mass is 35.5. The van der Waals surface area contributed by atoms with Gasteiger partial charge in [0.2, 0.25) is 12.1 Å². The van der Waals surface area contributed by atoms with Crippen molar-refractivity contribution in [3.8, 4) is 11.5 Å². The van der Waals surface area contributed by atoms with E-state index in [0.717, 1.165) is 12.8 Å². The highest BCUT2D eigenvalue weighted by Gasteiger charge is 2.33. The van der Waals surface area contributed by atoms with Crippen LogP contribution in [0.3, 0.4) is 0 Å². The molecule has 2 aromatic rings. The van der Waals surface area contributed by atoms with Crippen molar-refractivity contribution >= 4 is 29.0 Å². The van der Waals surface area contributed by atoms with Gasteiger partial charge in [0, 0.05) is 23.0 Å². The van der Waals surface area contributed by atoms with Crippen molar-refractivity contribution in [2.45, 2.75) is 26.1 Å². The normalized spacial score (nSPS) is 17.0. The van der Waals surface area contributed by atoms with Crippen LogP contribution >= 0.6 is 11.6 Å².